The zero-order chi connectivity index (χ0) is 10.3. The van der Waals surface area contributed by atoms with Gasteiger partial charge in [0.25, 0.3) is 5.91 Å². The summed E-state index contributed by atoms with van der Waals surface area (Å²) in [6, 6.07) is 1.90. The maximum atomic E-state index is 11.5. The van der Waals surface area contributed by atoms with Crippen LogP contribution in [0.25, 0.3) is 0 Å². The molecule has 74 valence electrons. The van der Waals surface area contributed by atoms with Crippen LogP contribution in [0.2, 0.25) is 0 Å². The molecule has 1 N–H and O–H groups in total. The Labute approximate surface area is 98.6 Å². The highest BCUT2D eigenvalue weighted by atomic mass is 79.9. The van der Waals surface area contributed by atoms with Gasteiger partial charge >= 0.3 is 0 Å². The lowest BCUT2D eigenvalue weighted by molar-refractivity contribution is -0.115. The molecule has 0 radical (unpaired) electrons. The highest BCUT2D eigenvalue weighted by Crippen LogP contribution is 2.47. The molecule has 0 bridgehead atoms. The zero-order valence-corrected chi connectivity index (χ0v) is 10.6. The number of hydrogen-bond acceptors (Lipinski definition) is 2. The van der Waals surface area contributed by atoms with Gasteiger partial charge in [-0.3, -0.25) is 9.78 Å². The molecule has 1 aromatic rings. The van der Waals surface area contributed by atoms with E-state index in [1.54, 1.807) is 6.20 Å². The minimum Gasteiger partial charge on any atom is -0.323 e. The summed E-state index contributed by atoms with van der Waals surface area (Å²) in [7, 11) is 0. The van der Waals surface area contributed by atoms with Gasteiger partial charge in [-0.2, -0.15) is 0 Å². The molecule has 14 heavy (non-hydrogen) atoms. The van der Waals surface area contributed by atoms with Gasteiger partial charge in [-0.15, -0.1) is 0 Å². The molecular formula is C9H8Br2N2O. The maximum Gasteiger partial charge on any atom is 0.256 e. The summed E-state index contributed by atoms with van der Waals surface area (Å²) in [6.07, 6.45) is 2.58. The van der Waals surface area contributed by atoms with Crippen molar-refractivity contribution in [2.75, 3.05) is 5.32 Å². The van der Waals surface area contributed by atoms with E-state index in [0.29, 0.717) is 0 Å². The molecule has 0 fully saturated rings. The molecule has 1 aliphatic rings. The van der Waals surface area contributed by atoms with Crippen molar-refractivity contribution in [2.45, 2.75) is 16.6 Å². The monoisotopic (exact) mass is 318 g/mol. The Hall–Kier alpha value is -0.420. The largest absolute Gasteiger partial charge is 0.323 e. The Morgan fingerprint density at radius 3 is 2.93 bits per heavy atom. The maximum absolute atomic E-state index is 11.5. The second-order valence-corrected chi connectivity index (χ2v) is 6.55. The standard InChI is InChI=1S/C9H8Br2N2O/c1-2-5-3-7-6(4-12-5)9(10,11)8(14)13-7/h3-4H,2H2,1H3,(H,13,14). The van der Waals surface area contributed by atoms with Gasteiger partial charge in [0, 0.05) is 17.5 Å². The van der Waals surface area contributed by atoms with Crippen LogP contribution in [0.15, 0.2) is 12.3 Å². The summed E-state index contributed by atoms with van der Waals surface area (Å²) in [5.41, 5.74) is 2.64. The minimum atomic E-state index is -0.811. The number of aromatic nitrogens is 1. The van der Waals surface area contributed by atoms with E-state index in [1.807, 2.05) is 13.0 Å². The van der Waals surface area contributed by atoms with Crippen LogP contribution >= 0.6 is 31.9 Å². The molecule has 0 aromatic carbocycles. The highest BCUT2D eigenvalue weighted by molar-refractivity contribution is 9.25. The number of rotatable bonds is 1. The van der Waals surface area contributed by atoms with Crippen LogP contribution in [0.1, 0.15) is 18.2 Å². The van der Waals surface area contributed by atoms with Gasteiger partial charge in [0.15, 0.2) is 3.23 Å². The van der Waals surface area contributed by atoms with E-state index in [9.17, 15) is 4.79 Å². The number of nitrogens with one attached hydrogen (secondary N) is 1. The first-order valence-corrected chi connectivity index (χ1v) is 5.83. The van der Waals surface area contributed by atoms with E-state index < -0.39 is 3.23 Å². The van der Waals surface area contributed by atoms with Gasteiger partial charge in [-0.1, -0.05) is 38.8 Å². The van der Waals surface area contributed by atoms with Crippen molar-refractivity contribution in [3.63, 3.8) is 0 Å². The second kappa shape index (κ2) is 3.31. The minimum absolute atomic E-state index is 0.109. The molecule has 0 unspecified atom stereocenters. The molecule has 2 heterocycles. The summed E-state index contributed by atoms with van der Waals surface area (Å²) < 4.78 is -0.811. The third kappa shape index (κ3) is 1.39. The van der Waals surface area contributed by atoms with Crippen molar-refractivity contribution in [1.29, 1.82) is 0 Å². The number of pyridine rings is 1. The molecule has 0 spiro atoms. The van der Waals surface area contributed by atoms with E-state index in [2.05, 4.69) is 42.2 Å². The number of nitrogens with zero attached hydrogens (tertiary/aromatic N) is 1. The average Bonchev–Trinajstić information content (AvgIpc) is 2.38. The Morgan fingerprint density at radius 2 is 2.29 bits per heavy atom. The van der Waals surface area contributed by atoms with Gasteiger partial charge in [-0.05, 0) is 12.5 Å². The Bertz CT molecular complexity index is 404. The lowest BCUT2D eigenvalue weighted by Gasteiger charge is -2.09. The highest BCUT2D eigenvalue weighted by Gasteiger charge is 2.42. The van der Waals surface area contributed by atoms with Crippen LogP contribution in [-0.4, -0.2) is 10.9 Å². The third-order valence-corrected chi connectivity index (χ3v) is 3.77. The Balaban J connectivity index is 2.54. The number of aryl methyl sites for hydroxylation is 1. The van der Waals surface area contributed by atoms with Crippen LogP contribution in [-0.2, 0) is 14.4 Å². The summed E-state index contributed by atoms with van der Waals surface area (Å²) in [6.45, 7) is 2.03. The van der Waals surface area contributed by atoms with Crippen LogP contribution in [0.3, 0.4) is 0 Å². The number of carbonyl (C=O) groups is 1. The smallest absolute Gasteiger partial charge is 0.256 e. The third-order valence-electron chi connectivity index (χ3n) is 2.19. The van der Waals surface area contributed by atoms with E-state index in [1.165, 1.54) is 0 Å². The molecule has 1 aromatic heterocycles. The number of alkyl halides is 2. The first-order chi connectivity index (χ1) is 6.55. The van der Waals surface area contributed by atoms with Crippen molar-refractivity contribution < 1.29 is 4.79 Å². The van der Waals surface area contributed by atoms with Crippen molar-refractivity contribution >= 4 is 43.5 Å². The molecule has 0 saturated heterocycles. The van der Waals surface area contributed by atoms with Gasteiger partial charge < -0.3 is 5.32 Å². The fourth-order valence-corrected chi connectivity index (χ4v) is 2.20. The normalized spacial score (nSPS) is 17.8. The number of fused-ring (bicyclic) bond motifs is 1. The van der Waals surface area contributed by atoms with Crippen LogP contribution < -0.4 is 5.32 Å². The molecule has 0 aliphatic carbocycles. The second-order valence-electron chi connectivity index (χ2n) is 3.10. The molecule has 2 rings (SSSR count). The molecule has 3 nitrogen and oxygen atoms in total. The molecule has 0 saturated carbocycles. The first-order valence-electron chi connectivity index (χ1n) is 4.24. The predicted octanol–water partition coefficient (Wildman–Crippen LogP) is 2.54. The fraction of sp³-hybridized carbons (Fsp3) is 0.333. The average molecular weight is 320 g/mol. The first kappa shape index (κ1) is 10.1. The molecule has 1 amide bonds. The molecule has 5 heteroatoms. The van der Waals surface area contributed by atoms with E-state index in [-0.39, 0.29) is 5.91 Å². The predicted molar refractivity (Wildman–Crippen MR) is 61.8 cm³/mol. The SMILES string of the molecule is CCc1cc2c(cn1)C(Br)(Br)C(=O)N2. The Morgan fingerprint density at radius 1 is 1.57 bits per heavy atom. The number of amides is 1. The Kier molecular flexibility index (Phi) is 2.39. The van der Waals surface area contributed by atoms with Gasteiger partial charge in [0.2, 0.25) is 0 Å². The summed E-state index contributed by atoms with van der Waals surface area (Å²) in [4.78, 5) is 15.8. The number of halogens is 2. The summed E-state index contributed by atoms with van der Waals surface area (Å²) in [5, 5.41) is 2.79. The number of hydrogen-bond donors (Lipinski definition) is 1. The van der Waals surface area contributed by atoms with E-state index in [4.69, 9.17) is 0 Å². The molecule has 1 aliphatic heterocycles. The van der Waals surface area contributed by atoms with Crippen LogP contribution in [0, 0.1) is 0 Å². The van der Waals surface area contributed by atoms with Crippen LogP contribution in [0.5, 0.6) is 0 Å². The topological polar surface area (TPSA) is 42.0 Å². The zero-order valence-electron chi connectivity index (χ0n) is 7.47. The number of carbonyl (C=O) groups excluding carboxylic acids is 1. The van der Waals surface area contributed by atoms with Crippen molar-refractivity contribution in [3.8, 4) is 0 Å². The molecular weight excluding hydrogens is 312 g/mol. The van der Waals surface area contributed by atoms with Gasteiger partial charge in [0.05, 0.1) is 5.69 Å². The van der Waals surface area contributed by atoms with Gasteiger partial charge in [-0.25, -0.2) is 0 Å². The van der Waals surface area contributed by atoms with Gasteiger partial charge in [0.1, 0.15) is 0 Å². The number of anilines is 1. The van der Waals surface area contributed by atoms with Crippen molar-refractivity contribution in [3.05, 3.63) is 23.5 Å². The fourth-order valence-electron chi connectivity index (χ4n) is 1.37. The van der Waals surface area contributed by atoms with Crippen LogP contribution in [0.4, 0.5) is 5.69 Å². The van der Waals surface area contributed by atoms with Crippen molar-refractivity contribution in [2.24, 2.45) is 0 Å². The molecule has 0 atom stereocenters. The van der Waals surface area contributed by atoms with E-state index >= 15 is 0 Å². The van der Waals surface area contributed by atoms with Crippen molar-refractivity contribution in [1.82, 2.24) is 4.98 Å². The van der Waals surface area contributed by atoms with E-state index in [0.717, 1.165) is 23.4 Å². The summed E-state index contributed by atoms with van der Waals surface area (Å²) >= 11 is 6.64. The lowest BCUT2D eigenvalue weighted by Crippen LogP contribution is -2.20. The summed E-state index contributed by atoms with van der Waals surface area (Å²) in [5.74, 6) is -0.109. The lowest BCUT2D eigenvalue weighted by atomic mass is 10.2. The quantitative estimate of drug-likeness (QED) is 0.808.